The summed E-state index contributed by atoms with van der Waals surface area (Å²) in [6, 6.07) is 13.1. The van der Waals surface area contributed by atoms with E-state index in [0.717, 1.165) is 0 Å². The van der Waals surface area contributed by atoms with E-state index in [2.05, 4.69) is 5.32 Å². The number of benzene rings is 2. The molecule has 0 saturated carbocycles. The maximum Gasteiger partial charge on any atom is 0.243 e. The predicted molar refractivity (Wildman–Crippen MR) is 105 cm³/mol. The zero-order valence-electron chi connectivity index (χ0n) is 14.9. The molecule has 1 atom stereocenters. The van der Waals surface area contributed by atoms with Gasteiger partial charge in [0, 0.05) is 23.8 Å². The van der Waals surface area contributed by atoms with Crippen LogP contribution in [-0.2, 0) is 14.8 Å². The number of anilines is 1. The number of halogens is 1. The van der Waals surface area contributed by atoms with Crippen molar-refractivity contribution in [1.29, 1.82) is 0 Å². The van der Waals surface area contributed by atoms with Crippen LogP contribution in [-0.4, -0.2) is 38.8 Å². The summed E-state index contributed by atoms with van der Waals surface area (Å²) in [6.45, 7) is 0.562. The molecule has 144 valence electrons. The molecule has 6 nitrogen and oxygen atoms in total. The molecule has 2 aromatic rings. The van der Waals surface area contributed by atoms with Gasteiger partial charge in [0.1, 0.15) is 5.75 Å². The van der Waals surface area contributed by atoms with Gasteiger partial charge in [-0.15, -0.1) is 0 Å². The molecule has 0 radical (unpaired) electrons. The first kappa shape index (κ1) is 19.7. The Labute approximate surface area is 164 Å². The highest BCUT2D eigenvalue weighted by atomic mass is 35.5. The molecule has 1 saturated heterocycles. The van der Waals surface area contributed by atoms with Crippen LogP contribution in [0.15, 0.2) is 53.4 Å². The third-order valence-corrected chi connectivity index (χ3v) is 6.70. The summed E-state index contributed by atoms with van der Waals surface area (Å²) < 4.78 is 32.2. The average molecular weight is 409 g/mol. The van der Waals surface area contributed by atoms with Crippen molar-refractivity contribution < 1.29 is 17.9 Å². The molecule has 1 amide bonds. The Bertz CT molecular complexity index is 898. The van der Waals surface area contributed by atoms with Crippen LogP contribution in [0.25, 0.3) is 0 Å². The Morgan fingerprint density at radius 1 is 1.15 bits per heavy atom. The number of piperidine rings is 1. The van der Waals surface area contributed by atoms with Gasteiger partial charge in [-0.05, 0) is 61.4 Å². The molecule has 0 aliphatic carbocycles. The molecule has 2 aromatic carbocycles. The molecule has 1 aliphatic heterocycles. The molecule has 1 fully saturated rings. The van der Waals surface area contributed by atoms with Crippen molar-refractivity contribution in [1.82, 2.24) is 4.31 Å². The smallest absolute Gasteiger partial charge is 0.243 e. The molecule has 8 heteroatoms. The SMILES string of the molecule is COc1ccc(S(=O)(=O)N2CCC[C@H](C(=O)Nc3ccc(Cl)cc3)C2)cc1. The van der Waals surface area contributed by atoms with E-state index < -0.39 is 15.9 Å². The molecule has 0 bridgehead atoms. The Hall–Kier alpha value is -2.09. The van der Waals surface area contributed by atoms with E-state index in [-0.39, 0.29) is 17.3 Å². The van der Waals surface area contributed by atoms with E-state index in [1.54, 1.807) is 36.4 Å². The molecule has 1 heterocycles. The van der Waals surface area contributed by atoms with E-state index in [1.165, 1.54) is 23.5 Å². The normalized spacial score (nSPS) is 18.1. The summed E-state index contributed by atoms with van der Waals surface area (Å²) in [6.07, 6.45) is 1.28. The average Bonchev–Trinajstić information content (AvgIpc) is 2.70. The highest BCUT2D eigenvalue weighted by Crippen LogP contribution is 2.26. The highest BCUT2D eigenvalue weighted by molar-refractivity contribution is 7.89. The largest absolute Gasteiger partial charge is 0.497 e. The van der Waals surface area contributed by atoms with E-state index in [1.807, 2.05) is 0 Å². The molecule has 1 N–H and O–H groups in total. The van der Waals surface area contributed by atoms with Gasteiger partial charge in [0.25, 0.3) is 0 Å². The van der Waals surface area contributed by atoms with Crippen LogP contribution in [0, 0.1) is 5.92 Å². The third-order valence-electron chi connectivity index (χ3n) is 4.56. The summed E-state index contributed by atoms with van der Waals surface area (Å²) >= 11 is 5.85. The molecule has 0 spiro atoms. The van der Waals surface area contributed by atoms with Gasteiger partial charge in [-0.25, -0.2) is 8.42 Å². The lowest BCUT2D eigenvalue weighted by Gasteiger charge is -2.31. The van der Waals surface area contributed by atoms with Crippen LogP contribution in [0.1, 0.15) is 12.8 Å². The van der Waals surface area contributed by atoms with Crippen molar-refractivity contribution >= 4 is 33.2 Å². The number of nitrogens with one attached hydrogen (secondary N) is 1. The second-order valence-corrected chi connectivity index (χ2v) is 8.75. The standard InChI is InChI=1S/C19H21ClN2O4S/c1-26-17-8-10-18(11-9-17)27(24,25)22-12-2-3-14(13-22)19(23)21-16-6-4-15(20)5-7-16/h4-11,14H,2-3,12-13H2,1H3,(H,21,23)/t14-/m0/s1. The van der Waals surface area contributed by atoms with Gasteiger partial charge >= 0.3 is 0 Å². The van der Waals surface area contributed by atoms with Crippen molar-refractivity contribution in [2.45, 2.75) is 17.7 Å². The minimum Gasteiger partial charge on any atom is -0.497 e. The molecule has 0 unspecified atom stereocenters. The number of ether oxygens (including phenoxy) is 1. The molecular weight excluding hydrogens is 388 g/mol. The minimum absolute atomic E-state index is 0.161. The molecule has 1 aliphatic rings. The van der Waals surface area contributed by atoms with Crippen LogP contribution in [0.4, 0.5) is 5.69 Å². The van der Waals surface area contributed by atoms with Gasteiger partial charge in [0.2, 0.25) is 15.9 Å². The van der Waals surface area contributed by atoms with Crippen molar-refractivity contribution in [3.05, 3.63) is 53.6 Å². The number of carbonyl (C=O) groups excluding carboxylic acids is 1. The lowest BCUT2D eigenvalue weighted by molar-refractivity contribution is -0.120. The van der Waals surface area contributed by atoms with Crippen LogP contribution in [0.2, 0.25) is 5.02 Å². The van der Waals surface area contributed by atoms with Gasteiger partial charge < -0.3 is 10.1 Å². The number of nitrogens with zero attached hydrogens (tertiary/aromatic N) is 1. The third kappa shape index (κ3) is 4.61. The summed E-state index contributed by atoms with van der Waals surface area (Å²) in [5.74, 6) is 0.00205. The second-order valence-electron chi connectivity index (χ2n) is 6.37. The Kier molecular flexibility index (Phi) is 6.04. The van der Waals surface area contributed by atoms with Gasteiger partial charge in [-0.3, -0.25) is 4.79 Å². The second kappa shape index (κ2) is 8.29. The van der Waals surface area contributed by atoms with E-state index in [4.69, 9.17) is 16.3 Å². The lowest BCUT2D eigenvalue weighted by atomic mass is 9.99. The predicted octanol–water partition coefficient (Wildman–Crippen LogP) is 3.39. The lowest BCUT2D eigenvalue weighted by Crippen LogP contribution is -2.43. The quantitative estimate of drug-likeness (QED) is 0.822. The van der Waals surface area contributed by atoms with Crippen LogP contribution < -0.4 is 10.1 Å². The number of methoxy groups -OCH3 is 1. The topological polar surface area (TPSA) is 75.7 Å². The minimum atomic E-state index is -3.65. The summed E-state index contributed by atoms with van der Waals surface area (Å²) in [4.78, 5) is 12.8. The first-order valence-electron chi connectivity index (χ1n) is 8.61. The van der Waals surface area contributed by atoms with Gasteiger partial charge in [0.15, 0.2) is 0 Å². The van der Waals surface area contributed by atoms with Gasteiger partial charge in [-0.2, -0.15) is 4.31 Å². The van der Waals surface area contributed by atoms with Gasteiger partial charge in [-0.1, -0.05) is 11.6 Å². The van der Waals surface area contributed by atoms with Crippen molar-refractivity contribution in [2.24, 2.45) is 5.92 Å². The van der Waals surface area contributed by atoms with Crippen LogP contribution >= 0.6 is 11.6 Å². The first-order valence-corrected chi connectivity index (χ1v) is 10.4. The number of hydrogen-bond donors (Lipinski definition) is 1. The van der Waals surface area contributed by atoms with E-state index >= 15 is 0 Å². The van der Waals surface area contributed by atoms with Crippen molar-refractivity contribution in [3.63, 3.8) is 0 Å². The molecular formula is C19H21ClN2O4S. The number of hydrogen-bond acceptors (Lipinski definition) is 4. The van der Waals surface area contributed by atoms with Gasteiger partial charge in [0.05, 0.1) is 17.9 Å². The maximum absolute atomic E-state index is 12.9. The number of sulfonamides is 1. The molecule has 27 heavy (non-hydrogen) atoms. The van der Waals surface area contributed by atoms with Crippen LogP contribution in [0.5, 0.6) is 5.75 Å². The molecule has 0 aromatic heterocycles. The zero-order valence-corrected chi connectivity index (χ0v) is 16.5. The zero-order chi connectivity index (χ0) is 19.4. The Morgan fingerprint density at radius 2 is 1.81 bits per heavy atom. The Balaban J connectivity index is 1.70. The fraction of sp³-hybridized carbons (Fsp3) is 0.316. The summed E-state index contributed by atoms with van der Waals surface area (Å²) in [7, 11) is -2.13. The monoisotopic (exact) mass is 408 g/mol. The van der Waals surface area contributed by atoms with Crippen molar-refractivity contribution in [3.8, 4) is 5.75 Å². The maximum atomic E-state index is 12.9. The number of amides is 1. The molecule has 3 rings (SSSR count). The van der Waals surface area contributed by atoms with E-state index in [9.17, 15) is 13.2 Å². The fourth-order valence-electron chi connectivity index (χ4n) is 3.05. The van der Waals surface area contributed by atoms with Crippen molar-refractivity contribution in [2.75, 3.05) is 25.5 Å². The fourth-order valence-corrected chi connectivity index (χ4v) is 4.70. The number of carbonyl (C=O) groups is 1. The summed E-state index contributed by atoms with van der Waals surface area (Å²) in [5, 5.41) is 3.42. The summed E-state index contributed by atoms with van der Waals surface area (Å²) in [5.41, 5.74) is 0.638. The Morgan fingerprint density at radius 3 is 2.44 bits per heavy atom. The highest BCUT2D eigenvalue weighted by Gasteiger charge is 2.33. The number of rotatable bonds is 5. The van der Waals surface area contributed by atoms with E-state index in [0.29, 0.717) is 35.8 Å². The first-order chi connectivity index (χ1) is 12.9. The van der Waals surface area contributed by atoms with Crippen LogP contribution in [0.3, 0.4) is 0 Å².